The first-order valence-electron chi connectivity index (χ1n) is 7.99. The average Bonchev–Trinajstić information content (AvgIpc) is 3.13. The number of hydrogen-bond donors (Lipinski definition) is 2. The fourth-order valence-electron chi connectivity index (χ4n) is 2.66. The third kappa shape index (κ3) is 3.82. The summed E-state index contributed by atoms with van der Waals surface area (Å²) in [6, 6.07) is 5.69. The molecule has 1 aromatic carbocycles. The lowest BCUT2D eigenvalue weighted by Crippen LogP contribution is -2.34. The van der Waals surface area contributed by atoms with E-state index in [-0.39, 0.29) is 18.9 Å². The standard InChI is InChI=1S/C17H19N5O4/c1-21-10-12(8-18-21)19-15(23)7-14-16(24)22(17(25)20-14)9-11-3-5-13(26-2)6-4-11/h3-6,8,10,14H,7,9H2,1-2H3,(H,19,23)(H,20,25)/t14-/m1/s1. The van der Waals surface area contributed by atoms with Crippen molar-refractivity contribution < 1.29 is 19.1 Å². The number of imide groups is 1. The fraction of sp³-hybridized carbons (Fsp3) is 0.294. The minimum Gasteiger partial charge on any atom is -0.497 e. The molecule has 2 N–H and O–H groups in total. The second-order valence-corrected chi connectivity index (χ2v) is 5.93. The molecule has 2 heterocycles. The van der Waals surface area contributed by atoms with Crippen LogP contribution in [0.2, 0.25) is 0 Å². The van der Waals surface area contributed by atoms with E-state index in [0.29, 0.717) is 11.4 Å². The van der Waals surface area contributed by atoms with Gasteiger partial charge >= 0.3 is 6.03 Å². The Kier molecular flexibility index (Phi) is 4.87. The SMILES string of the molecule is COc1ccc(CN2C(=O)N[C@H](CC(=O)Nc3cnn(C)c3)C2=O)cc1. The van der Waals surface area contributed by atoms with E-state index in [1.54, 1.807) is 49.3 Å². The van der Waals surface area contributed by atoms with Gasteiger partial charge in [-0.05, 0) is 17.7 Å². The second kappa shape index (κ2) is 7.26. The molecule has 0 spiro atoms. The Hall–Kier alpha value is -3.36. The summed E-state index contributed by atoms with van der Waals surface area (Å²) in [6.07, 6.45) is 3.00. The van der Waals surface area contributed by atoms with Crippen LogP contribution in [0.4, 0.5) is 10.5 Å². The molecule has 26 heavy (non-hydrogen) atoms. The number of ether oxygens (including phenoxy) is 1. The van der Waals surface area contributed by atoms with Gasteiger partial charge in [0.25, 0.3) is 5.91 Å². The molecular formula is C17H19N5O4. The van der Waals surface area contributed by atoms with Crippen LogP contribution < -0.4 is 15.4 Å². The van der Waals surface area contributed by atoms with Crippen molar-refractivity contribution in [2.75, 3.05) is 12.4 Å². The Bertz CT molecular complexity index is 830. The van der Waals surface area contributed by atoms with Gasteiger partial charge in [0, 0.05) is 13.2 Å². The van der Waals surface area contributed by atoms with E-state index in [1.165, 1.54) is 6.20 Å². The molecule has 136 valence electrons. The first-order valence-corrected chi connectivity index (χ1v) is 7.99. The van der Waals surface area contributed by atoms with Gasteiger partial charge in [-0.2, -0.15) is 5.10 Å². The van der Waals surface area contributed by atoms with Crippen LogP contribution in [0.5, 0.6) is 5.75 Å². The largest absolute Gasteiger partial charge is 0.497 e. The molecule has 1 aliphatic heterocycles. The number of anilines is 1. The molecule has 3 rings (SSSR count). The quantitative estimate of drug-likeness (QED) is 0.747. The van der Waals surface area contributed by atoms with Crippen LogP contribution in [-0.2, 0) is 23.2 Å². The molecule has 0 radical (unpaired) electrons. The summed E-state index contributed by atoms with van der Waals surface area (Å²) in [5.41, 5.74) is 1.32. The number of amides is 4. The predicted molar refractivity (Wildman–Crippen MR) is 92.3 cm³/mol. The molecule has 2 aromatic rings. The maximum Gasteiger partial charge on any atom is 0.325 e. The van der Waals surface area contributed by atoms with Gasteiger partial charge in [-0.1, -0.05) is 12.1 Å². The van der Waals surface area contributed by atoms with Crippen molar-refractivity contribution in [3.63, 3.8) is 0 Å². The average molecular weight is 357 g/mol. The van der Waals surface area contributed by atoms with Crippen molar-refractivity contribution in [3.8, 4) is 5.75 Å². The van der Waals surface area contributed by atoms with Gasteiger partial charge in [0.15, 0.2) is 0 Å². The third-order valence-electron chi connectivity index (χ3n) is 3.98. The Labute approximate surface area is 149 Å². The third-order valence-corrected chi connectivity index (χ3v) is 3.98. The molecule has 4 amide bonds. The summed E-state index contributed by atoms with van der Waals surface area (Å²) < 4.78 is 6.63. The van der Waals surface area contributed by atoms with Crippen molar-refractivity contribution in [2.24, 2.45) is 7.05 Å². The van der Waals surface area contributed by atoms with Crippen molar-refractivity contribution in [1.29, 1.82) is 0 Å². The van der Waals surface area contributed by atoms with E-state index in [0.717, 1.165) is 10.5 Å². The molecule has 9 nitrogen and oxygen atoms in total. The number of nitrogens with one attached hydrogen (secondary N) is 2. The molecule has 0 bridgehead atoms. The summed E-state index contributed by atoms with van der Waals surface area (Å²) in [6.45, 7) is 0.134. The Balaban J connectivity index is 1.59. The number of aromatic nitrogens is 2. The molecule has 9 heteroatoms. The zero-order chi connectivity index (χ0) is 18.7. The Morgan fingerprint density at radius 3 is 2.65 bits per heavy atom. The van der Waals surface area contributed by atoms with Gasteiger partial charge in [0.05, 0.1) is 32.0 Å². The summed E-state index contributed by atoms with van der Waals surface area (Å²) in [7, 11) is 3.29. The van der Waals surface area contributed by atoms with Gasteiger partial charge in [0.1, 0.15) is 11.8 Å². The smallest absolute Gasteiger partial charge is 0.325 e. The van der Waals surface area contributed by atoms with Gasteiger partial charge in [-0.25, -0.2) is 4.79 Å². The van der Waals surface area contributed by atoms with Crippen molar-refractivity contribution >= 4 is 23.5 Å². The van der Waals surface area contributed by atoms with E-state index in [2.05, 4.69) is 15.7 Å². The molecule has 1 aromatic heterocycles. The minimum atomic E-state index is -0.877. The predicted octanol–water partition coefficient (Wildman–Crippen LogP) is 0.878. The van der Waals surface area contributed by atoms with Crippen molar-refractivity contribution in [1.82, 2.24) is 20.0 Å². The van der Waals surface area contributed by atoms with Gasteiger partial charge < -0.3 is 15.4 Å². The Morgan fingerprint density at radius 1 is 1.31 bits per heavy atom. The van der Waals surface area contributed by atoms with Crippen LogP contribution in [0.25, 0.3) is 0 Å². The highest BCUT2D eigenvalue weighted by atomic mass is 16.5. The lowest BCUT2D eigenvalue weighted by atomic mass is 10.1. The lowest BCUT2D eigenvalue weighted by molar-refractivity contribution is -0.130. The molecule has 0 unspecified atom stereocenters. The van der Waals surface area contributed by atoms with Crippen LogP contribution in [0.15, 0.2) is 36.7 Å². The number of hydrogen-bond acceptors (Lipinski definition) is 5. The first-order chi connectivity index (χ1) is 12.5. The monoisotopic (exact) mass is 357 g/mol. The number of aryl methyl sites for hydroxylation is 1. The van der Waals surface area contributed by atoms with Crippen molar-refractivity contribution in [2.45, 2.75) is 19.0 Å². The highest BCUT2D eigenvalue weighted by Gasteiger charge is 2.39. The summed E-state index contributed by atoms with van der Waals surface area (Å²) in [4.78, 5) is 37.7. The molecule has 1 saturated heterocycles. The summed E-state index contributed by atoms with van der Waals surface area (Å²) >= 11 is 0. The molecule has 1 atom stereocenters. The van der Waals surface area contributed by atoms with E-state index in [1.807, 2.05) is 0 Å². The number of carbonyl (C=O) groups excluding carboxylic acids is 3. The zero-order valence-electron chi connectivity index (χ0n) is 14.4. The van der Waals surface area contributed by atoms with E-state index >= 15 is 0 Å². The normalized spacial score (nSPS) is 16.5. The molecule has 0 aliphatic carbocycles. The number of rotatable bonds is 6. The number of nitrogens with zero attached hydrogens (tertiary/aromatic N) is 3. The second-order valence-electron chi connectivity index (χ2n) is 5.93. The van der Waals surface area contributed by atoms with Gasteiger partial charge in [0.2, 0.25) is 5.91 Å². The van der Waals surface area contributed by atoms with Crippen LogP contribution >= 0.6 is 0 Å². The van der Waals surface area contributed by atoms with Crippen LogP contribution in [0.1, 0.15) is 12.0 Å². The zero-order valence-corrected chi connectivity index (χ0v) is 14.4. The number of methoxy groups -OCH3 is 1. The van der Waals surface area contributed by atoms with Gasteiger partial charge in [-0.3, -0.25) is 19.2 Å². The van der Waals surface area contributed by atoms with E-state index in [4.69, 9.17) is 4.74 Å². The van der Waals surface area contributed by atoms with Gasteiger partial charge in [-0.15, -0.1) is 0 Å². The first kappa shape index (κ1) is 17.5. The topological polar surface area (TPSA) is 106 Å². The highest BCUT2D eigenvalue weighted by molar-refractivity contribution is 6.06. The minimum absolute atomic E-state index is 0.134. The maximum atomic E-state index is 12.5. The van der Waals surface area contributed by atoms with E-state index in [9.17, 15) is 14.4 Å². The molecular weight excluding hydrogens is 338 g/mol. The summed E-state index contributed by atoms with van der Waals surface area (Å²) in [5, 5.41) is 9.14. The molecule has 1 aliphatic rings. The van der Waals surface area contributed by atoms with Crippen LogP contribution in [0, 0.1) is 0 Å². The summed E-state index contributed by atoms with van der Waals surface area (Å²) in [5.74, 6) is -0.106. The Morgan fingerprint density at radius 2 is 2.04 bits per heavy atom. The van der Waals surface area contributed by atoms with E-state index < -0.39 is 18.0 Å². The lowest BCUT2D eigenvalue weighted by Gasteiger charge is -2.13. The van der Waals surface area contributed by atoms with Crippen LogP contribution in [-0.4, -0.2) is 45.7 Å². The number of benzene rings is 1. The molecule has 0 saturated carbocycles. The molecule has 1 fully saturated rings. The number of urea groups is 1. The number of carbonyl (C=O) groups is 3. The maximum absolute atomic E-state index is 12.5. The highest BCUT2D eigenvalue weighted by Crippen LogP contribution is 2.17. The van der Waals surface area contributed by atoms with Crippen LogP contribution in [0.3, 0.4) is 0 Å². The van der Waals surface area contributed by atoms with Crippen molar-refractivity contribution in [3.05, 3.63) is 42.2 Å². The fourth-order valence-corrected chi connectivity index (χ4v) is 2.66.